The molecule has 0 amide bonds. The van der Waals surface area contributed by atoms with Crippen LogP contribution in [0.2, 0.25) is 16.6 Å². The summed E-state index contributed by atoms with van der Waals surface area (Å²) in [5, 5.41) is 10.3. The van der Waals surface area contributed by atoms with Crippen molar-refractivity contribution in [3.63, 3.8) is 0 Å². The van der Waals surface area contributed by atoms with Gasteiger partial charge < -0.3 is 9.53 Å². The van der Waals surface area contributed by atoms with Gasteiger partial charge in [0.1, 0.15) is 0 Å². The Kier molecular flexibility index (Phi) is 8.49. The second kappa shape index (κ2) is 8.43. The van der Waals surface area contributed by atoms with Crippen LogP contribution < -0.4 is 0 Å². The third kappa shape index (κ3) is 4.87. The highest BCUT2D eigenvalue weighted by Crippen LogP contribution is 2.43. The molecule has 2 atom stereocenters. The van der Waals surface area contributed by atoms with Crippen LogP contribution in [0.5, 0.6) is 0 Å². The average Bonchev–Trinajstić information content (AvgIpc) is 2.30. The van der Waals surface area contributed by atoms with Gasteiger partial charge in [-0.2, -0.15) is 0 Å². The molecule has 0 radical (unpaired) electrons. The third-order valence-corrected chi connectivity index (χ3v) is 10.7. The van der Waals surface area contributed by atoms with Crippen LogP contribution in [0.1, 0.15) is 74.7 Å². The Morgan fingerprint density at radius 3 is 1.63 bits per heavy atom. The van der Waals surface area contributed by atoms with Crippen molar-refractivity contribution in [1.29, 1.82) is 0 Å². The maximum Gasteiger partial charge on any atom is 0.200 e. The van der Waals surface area contributed by atoms with Crippen LogP contribution in [0.3, 0.4) is 0 Å². The van der Waals surface area contributed by atoms with E-state index in [2.05, 4.69) is 55.4 Å². The monoisotopic (exact) mass is 288 g/mol. The summed E-state index contributed by atoms with van der Waals surface area (Å²) in [5.41, 5.74) is 1.73. The summed E-state index contributed by atoms with van der Waals surface area (Å²) >= 11 is 0. The fourth-order valence-electron chi connectivity index (χ4n) is 3.46. The number of unbranched alkanes of at least 4 members (excludes halogenated alkanes) is 1. The van der Waals surface area contributed by atoms with Crippen molar-refractivity contribution in [2.45, 2.75) is 103 Å². The molecular weight excluding hydrogens is 252 g/mol. The van der Waals surface area contributed by atoms with Gasteiger partial charge in [-0.05, 0) is 30.0 Å². The first-order chi connectivity index (χ1) is 8.70. The van der Waals surface area contributed by atoms with Crippen LogP contribution >= 0.6 is 0 Å². The highest BCUT2D eigenvalue weighted by molar-refractivity contribution is 6.77. The molecule has 19 heavy (non-hydrogen) atoms. The van der Waals surface area contributed by atoms with Crippen LogP contribution in [-0.2, 0) is 4.43 Å². The lowest BCUT2D eigenvalue weighted by atomic mass is 10.1. The molecular formula is C16H36O2Si. The quantitative estimate of drug-likeness (QED) is 0.597. The molecule has 0 saturated carbocycles. The molecule has 2 nitrogen and oxygen atoms in total. The topological polar surface area (TPSA) is 29.5 Å². The number of aliphatic hydroxyl groups excluding tert-OH is 1. The van der Waals surface area contributed by atoms with Gasteiger partial charge in [-0.3, -0.25) is 0 Å². The summed E-state index contributed by atoms with van der Waals surface area (Å²) in [6.45, 7) is 17.9. The lowest BCUT2D eigenvalue weighted by molar-refractivity contribution is 0.0297. The predicted molar refractivity (Wildman–Crippen MR) is 87.1 cm³/mol. The Balaban J connectivity index is 4.91. The van der Waals surface area contributed by atoms with Gasteiger partial charge in [0.15, 0.2) is 0 Å². The van der Waals surface area contributed by atoms with E-state index in [1.54, 1.807) is 0 Å². The molecule has 0 aliphatic heterocycles. The van der Waals surface area contributed by atoms with E-state index in [-0.39, 0.29) is 12.2 Å². The van der Waals surface area contributed by atoms with E-state index < -0.39 is 8.32 Å². The van der Waals surface area contributed by atoms with Gasteiger partial charge in [0.25, 0.3) is 0 Å². The summed E-state index contributed by atoms with van der Waals surface area (Å²) < 4.78 is 6.57. The molecule has 0 aliphatic carbocycles. The van der Waals surface area contributed by atoms with Crippen molar-refractivity contribution in [3.8, 4) is 0 Å². The number of aliphatic hydroxyl groups is 1. The Hall–Kier alpha value is 0.137. The van der Waals surface area contributed by atoms with Crippen molar-refractivity contribution >= 4 is 8.32 Å². The van der Waals surface area contributed by atoms with E-state index in [9.17, 15) is 5.11 Å². The highest BCUT2D eigenvalue weighted by atomic mass is 28.4. The molecule has 0 unspecified atom stereocenters. The average molecular weight is 289 g/mol. The van der Waals surface area contributed by atoms with E-state index in [4.69, 9.17) is 4.43 Å². The van der Waals surface area contributed by atoms with Crippen molar-refractivity contribution in [3.05, 3.63) is 0 Å². The van der Waals surface area contributed by atoms with Gasteiger partial charge in [0.2, 0.25) is 8.32 Å². The zero-order chi connectivity index (χ0) is 15.2. The number of hydrogen-bond donors (Lipinski definition) is 1. The van der Waals surface area contributed by atoms with Crippen molar-refractivity contribution in [1.82, 2.24) is 0 Å². The number of hydrogen-bond acceptors (Lipinski definition) is 2. The lowest BCUT2D eigenvalue weighted by Gasteiger charge is -2.44. The summed E-state index contributed by atoms with van der Waals surface area (Å²) in [6.07, 6.45) is 2.71. The maximum atomic E-state index is 10.3. The van der Waals surface area contributed by atoms with Crippen LogP contribution in [0.4, 0.5) is 0 Å². The Bertz CT molecular complexity index is 217. The zero-order valence-electron chi connectivity index (χ0n) is 14.4. The Morgan fingerprint density at radius 2 is 1.32 bits per heavy atom. The molecule has 3 heteroatoms. The summed E-state index contributed by atoms with van der Waals surface area (Å²) in [7, 11) is -1.85. The normalized spacial score (nSPS) is 16.4. The molecule has 0 aromatic carbocycles. The van der Waals surface area contributed by atoms with Gasteiger partial charge in [-0.25, -0.2) is 0 Å². The molecule has 0 fully saturated rings. The van der Waals surface area contributed by atoms with Crippen LogP contribution in [0, 0.1) is 0 Å². The molecule has 0 spiro atoms. The first-order valence-electron chi connectivity index (χ1n) is 8.05. The van der Waals surface area contributed by atoms with E-state index in [0.717, 1.165) is 19.3 Å². The first-order valence-corrected chi connectivity index (χ1v) is 10.2. The Labute approximate surface area is 122 Å². The van der Waals surface area contributed by atoms with Crippen molar-refractivity contribution in [2.24, 2.45) is 0 Å². The fraction of sp³-hybridized carbons (Fsp3) is 1.00. The summed E-state index contributed by atoms with van der Waals surface area (Å²) in [6, 6.07) is 0. The molecule has 0 aliphatic rings. The Morgan fingerprint density at radius 1 is 0.895 bits per heavy atom. The van der Waals surface area contributed by atoms with Gasteiger partial charge in [-0.15, -0.1) is 0 Å². The van der Waals surface area contributed by atoms with E-state index in [1.165, 1.54) is 0 Å². The SMILES string of the molecule is CCCC[C@@H](O)[C@H](C)O[Si](C(C)C)(C(C)C)C(C)C. The maximum absolute atomic E-state index is 10.3. The molecule has 116 valence electrons. The standard InChI is InChI=1S/C16H36O2Si/c1-9-10-11-16(17)15(8)18-19(12(2)3,13(4)5)14(6)7/h12-17H,9-11H2,1-8H3/t15-,16+/m0/s1. The molecule has 0 aromatic heterocycles. The fourth-order valence-corrected chi connectivity index (χ4v) is 9.07. The zero-order valence-corrected chi connectivity index (χ0v) is 15.4. The molecule has 0 bridgehead atoms. The minimum Gasteiger partial charge on any atom is -0.411 e. The molecule has 0 saturated heterocycles. The highest BCUT2D eigenvalue weighted by Gasteiger charge is 2.46. The van der Waals surface area contributed by atoms with E-state index >= 15 is 0 Å². The molecule has 0 aromatic rings. The smallest absolute Gasteiger partial charge is 0.200 e. The molecule has 0 heterocycles. The van der Waals surface area contributed by atoms with E-state index in [1.807, 2.05) is 0 Å². The summed E-state index contributed by atoms with van der Waals surface area (Å²) in [4.78, 5) is 0. The summed E-state index contributed by atoms with van der Waals surface area (Å²) in [5.74, 6) is 0. The van der Waals surface area contributed by atoms with Crippen molar-refractivity contribution in [2.75, 3.05) is 0 Å². The largest absolute Gasteiger partial charge is 0.411 e. The van der Waals surface area contributed by atoms with Crippen molar-refractivity contribution < 1.29 is 9.53 Å². The number of rotatable bonds is 9. The van der Waals surface area contributed by atoms with Crippen LogP contribution in [-0.4, -0.2) is 25.6 Å². The predicted octanol–water partition coefficient (Wildman–Crippen LogP) is 5.12. The van der Waals surface area contributed by atoms with Gasteiger partial charge >= 0.3 is 0 Å². The minimum absolute atomic E-state index is 0.0367. The molecule has 0 rings (SSSR count). The second-order valence-corrected chi connectivity index (χ2v) is 12.3. The van der Waals surface area contributed by atoms with Gasteiger partial charge in [-0.1, -0.05) is 61.3 Å². The van der Waals surface area contributed by atoms with Gasteiger partial charge in [0.05, 0.1) is 12.2 Å². The minimum atomic E-state index is -1.85. The van der Waals surface area contributed by atoms with Gasteiger partial charge in [0, 0.05) is 0 Å². The van der Waals surface area contributed by atoms with E-state index in [0.29, 0.717) is 16.6 Å². The first kappa shape index (κ1) is 19.1. The van der Waals surface area contributed by atoms with Crippen LogP contribution in [0.25, 0.3) is 0 Å². The third-order valence-electron chi connectivity index (χ3n) is 4.49. The molecule has 1 N–H and O–H groups in total. The second-order valence-electron chi connectivity index (χ2n) is 6.85. The lowest BCUT2D eigenvalue weighted by Crippen LogP contribution is -2.51. The van der Waals surface area contributed by atoms with Crippen LogP contribution in [0.15, 0.2) is 0 Å².